The molecule has 1 aliphatic heterocycles. The number of hydrogen-bond acceptors (Lipinski definition) is 1. The lowest BCUT2D eigenvalue weighted by Gasteiger charge is -2.16. The van der Waals surface area contributed by atoms with Crippen molar-refractivity contribution in [2.24, 2.45) is 0 Å². The molecule has 1 atom stereocenters. The molecular formula is C11H16O. The minimum Gasteiger partial charge on any atom is -0.370 e. The van der Waals surface area contributed by atoms with E-state index in [-0.39, 0.29) is 0 Å². The van der Waals surface area contributed by atoms with Gasteiger partial charge in [0.1, 0.15) is 0 Å². The van der Waals surface area contributed by atoms with Crippen LogP contribution in [0.4, 0.5) is 0 Å². The highest BCUT2D eigenvalue weighted by Crippen LogP contribution is 2.29. The molecule has 2 aliphatic rings. The molecule has 1 aliphatic carbocycles. The summed E-state index contributed by atoms with van der Waals surface area (Å²) in [5.74, 6) is 0. The summed E-state index contributed by atoms with van der Waals surface area (Å²) in [7, 11) is 0. The molecule has 0 N–H and O–H groups in total. The first-order valence-corrected chi connectivity index (χ1v) is 4.89. The van der Waals surface area contributed by atoms with Crippen molar-refractivity contribution in [1.82, 2.24) is 0 Å². The van der Waals surface area contributed by atoms with Crippen molar-refractivity contribution in [3.63, 3.8) is 0 Å². The molecule has 0 amide bonds. The Hall–Kier alpha value is -0.560. The minimum atomic E-state index is 0.342. The largest absolute Gasteiger partial charge is 0.370 e. The van der Waals surface area contributed by atoms with Crippen molar-refractivity contribution < 1.29 is 4.74 Å². The second kappa shape index (κ2) is 3.44. The molecule has 0 aromatic heterocycles. The summed E-state index contributed by atoms with van der Waals surface area (Å²) in [6.07, 6.45) is 10.2. The van der Waals surface area contributed by atoms with Crippen LogP contribution in [0.2, 0.25) is 0 Å². The lowest BCUT2D eigenvalue weighted by atomic mass is 9.91. The van der Waals surface area contributed by atoms with Crippen molar-refractivity contribution >= 4 is 0 Å². The van der Waals surface area contributed by atoms with Gasteiger partial charge in [-0.1, -0.05) is 12.2 Å². The Morgan fingerprint density at radius 1 is 1.33 bits per heavy atom. The fourth-order valence-electron chi connectivity index (χ4n) is 2.03. The molecule has 0 bridgehead atoms. The monoisotopic (exact) mass is 164 g/mol. The number of ether oxygens (including phenoxy) is 1. The lowest BCUT2D eigenvalue weighted by Crippen LogP contribution is -2.07. The van der Waals surface area contributed by atoms with Gasteiger partial charge in [0, 0.05) is 0 Å². The van der Waals surface area contributed by atoms with E-state index in [1.54, 1.807) is 5.57 Å². The van der Waals surface area contributed by atoms with E-state index in [1.807, 2.05) is 0 Å². The molecule has 0 saturated carbocycles. The Bertz CT molecular complexity index is 225. The third-order valence-corrected chi connectivity index (χ3v) is 2.75. The molecule has 66 valence electrons. The first-order valence-electron chi connectivity index (χ1n) is 4.89. The predicted octanol–water partition coefficient (Wildman–Crippen LogP) is 2.83. The highest BCUT2D eigenvalue weighted by atomic mass is 16.5. The quantitative estimate of drug-likeness (QED) is 0.579. The third kappa shape index (κ3) is 1.46. The van der Waals surface area contributed by atoms with E-state index in [0.29, 0.717) is 6.10 Å². The maximum atomic E-state index is 5.49. The van der Waals surface area contributed by atoms with Gasteiger partial charge in [-0.2, -0.15) is 0 Å². The van der Waals surface area contributed by atoms with Crippen LogP contribution >= 0.6 is 0 Å². The van der Waals surface area contributed by atoms with Crippen LogP contribution in [0.5, 0.6) is 0 Å². The predicted molar refractivity (Wildman–Crippen MR) is 50.0 cm³/mol. The summed E-state index contributed by atoms with van der Waals surface area (Å²) in [6.45, 7) is 2.96. The van der Waals surface area contributed by atoms with Crippen LogP contribution in [0, 0.1) is 0 Å². The zero-order chi connectivity index (χ0) is 8.39. The molecule has 1 heterocycles. The normalized spacial score (nSPS) is 29.9. The second-order valence-corrected chi connectivity index (χ2v) is 3.61. The fraction of sp³-hybridized carbons (Fsp3) is 0.636. The van der Waals surface area contributed by atoms with Crippen LogP contribution in [0.1, 0.15) is 32.6 Å². The average molecular weight is 164 g/mol. The van der Waals surface area contributed by atoms with E-state index in [4.69, 9.17) is 4.74 Å². The van der Waals surface area contributed by atoms with Gasteiger partial charge in [-0.25, -0.2) is 0 Å². The third-order valence-electron chi connectivity index (χ3n) is 2.75. The van der Waals surface area contributed by atoms with Crippen molar-refractivity contribution in [2.45, 2.75) is 38.7 Å². The highest BCUT2D eigenvalue weighted by Gasteiger charge is 2.18. The second-order valence-electron chi connectivity index (χ2n) is 3.61. The summed E-state index contributed by atoms with van der Waals surface area (Å²) in [5.41, 5.74) is 3.00. The van der Waals surface area contributed by atoms with Crippen LogP contribution in [-0.4, -0.2) is 12.7 Å². The molecule has 1 nitrogen and oxygen atoms in total. The Morgan fingerprint density at radius 3 is 2.83 bits per heavy atom. The molecule has 12 heavy (non-hydrogen) atoms. The summed E-state index contributed by atoms with van der Waals surface area (Å²) in [5, 5.41) is 0. The summed E-state index contributed by atoms with van der Waals surface area (Å²) in [6, 6.07) is 0. The molecule has 0 spiro atoms. The van der Waals surface area contributed by atoms with Gasteiger partial charge in [-0.3, -0.25) is 0 Å². The number of allylic oxidation sites excluding steroid dienone is 1. The van der Waals surface area contributed by atoms with Crippen molar-refractivity contribution in [1.29, 1.82) is 0 Å². The van der Waals surface area contributed by atoms with E-state index in [0.717, 1.165) is 6.61 Å². The fourth-order valence-corrected chi connectivity index (χ4v) is 2.03. The molecule has 0 aromatic carbocycles. The molecule has 1 heteroatoms. The summed E-state index contributed by atoms with van der Waals surface area (Å²) in [4.78, 5) is 0. The van der Waals surface area contributed by atoms with E-state index < -0.39 is 0 Å². The van der Waals surface area contributed by atoms with Gasteiger partial charge in [0.2, 0.25) is 0 Å². The maximum absolute atomic E-state index is 5.49. The molecule has 0 aromatic rings. The van der Waals surface area contributed by atoms with Crippen LogP contribution < -0.4 is 0 Å². The standard InChI is InChI=1S/C11H16O/c1-9-11(7-8-12-9)10-5-3-2-4-6-10/h5,7,9H,2-4,6,8H2,1H3. The first-order chi connectivity index (χ1) is 5.88. The number of rotatable bonds is 1. The van der Waals surface area contributed by atoms with Gasteiger partial charge in [0.05, 0.1) is 12.7 Å². The zero-order valence-electron chi connectivity index (χ0n) is 7.68. The Labute approximate surface area is 74.1 Å². The molecule has 0 saturated heterocycles. The van der Waals surface area contributed by atoms with Crippen LogP contribution in [0.25, 0.3) is 0 Å². The van der Waals surface area contributed by atoms with Gasteiger partial charge >= 0.3 is 0 Å². The lowest BCUT2D eigenvalue weighted by molar-refractivity contribution is 0.137. The van der Waals surface area contributed by atoms with Crippen molar-refractivity contribution in [2.75, 3.05) is 6.61 Å². The maximum Gasteiger partial charge on any atom is 0.0801 e. The molecular weight excluding hydrogens is 148 g/mol. The van der Waals surface area contributed by atoms with Gasteiger partial charge in [0.15, 0.2) is 0 Å². The Kier molecular flexibility index (Phi) is 2.31. The van der Waals surface area contributed by atoms with Gasteiger partial charge in [0.25, 0.3) is 0 Å². The number of hydrogen-bond donors (Lipinski definition) is 0. The van der Waals surface area contributed by atoms with Crippen molar-refractivity contribution in [3.05, 3.63) is 23.3 Å². The van der Waals surface area contributed by atoms with E-state index in [1.165, 1.54) is 31.3 Å². The summed E-state index contributed by atoms with van der Waals surface area (Å²) < 4.78 is 5.49. The smallest absolute Gasteiger partial charge is 0.0801 e. The van der Waals surface area contributed by atoms with E-state index >= 15 is 0 Å². The van der Waals surface area contributed by atoms with Crippen molar-refractivity contribution in [3.8, 4) is 0 Å². The molecule has 0 fully saturated rings. The first kappa shape index (κ1) is 8.06. The highest BCUT2D eigenvalue weighted by molar-refractivity contribution is 5.36. The minimum absolute atomic E-state index is 0.342. The summed E-state index contributed by atoms with van der Waals surface area (Å²) >= 11 is 0. The van der Waals surface area contributed by atoms with Crippen LogP contribution in [0.3, 0.4) is 0 Å². The topological polar surface area (TPSA) is 9.23 Å². The van der Waals surface area contributed by atoms with Crippen LogP contribution in [0.15, 0.2) is 23.3 Å². The van der Waals surface area contributed by atoms with E-state index in [2.05, 4.69) is 19.1 Å². The SMILES string of the molecule is CC1OCC=C1C1=CCCCC1. The Morgan fingerprint density at radius 2 is 2.25 bits per heavy atom. The van der Waals surface area contributed by atoms with Crippen LogP contribution in [-0.2, 0) is 4.74 Å². The van der Waals surface area contributed by atoms with Gasteiger partial charge in [-0.05, 0) is 43.8 Å². The van der Waals surface area contributed by atoms with Gasteiger partial charge in [-0.15, -0.1) is 0 Å². The average Bonchev–Trinajstić information content (AvgIpc) is 2.53. The zero-order valence-corrected chi connectivity index (χ0v) is 7.68. The molecule has 2 rings (SSSR count). The Balaban J connectivity index is 2.12. The molecule has 0 radical (unpaired) electrons. The van der Waals surface area contributed by atoms with E-state index in [9.17, 15) is 0 Å². The molecule has 1 unspecified atom stereocenters. The van der Waals surface area contributed by atoms with Gasteiger partial charge < -0.3 is 4.74 Å².